The van der Waals surface area contributed by atoms with Crippen molar-refractivity contribution in [1.82, 2.24) is 4.90 Å². The summed E-state index contributed by atoms with van der Waals surface area (Å²) in [6.07, 6.45) is 4.17. The maximum atomic E-state index is 2.66. The molecule has 1 unspecified atom stereocenters. The van der Waals surface area contributed by atoms with Crippen molar-refractivity contribution in [2.24, 2.45) is 5.92 Å². The first-order valence-corrected chi connectivity index (χ1v) is 8.23. The average molecular weight is 273 g/mol. The lowest BCUT2D eigenvalue weighted by Gasteiger charge is -2.28. The van der Waals surface area contributed by atoms with Crippen molar-refractivity contribution in [3.8, 4) is 0 Å². The van der Waals surface area contributed by atoms with Gasteiger partial charge in [-0.3, -0.25) is 4.90 Å². The summed E-state index contributed by atoms with van der Waals surface area (Å²) in [5, 5.41) is 0. The van der Waals surface area contributed by atoms with E-state index >= 15 is 0 Å². The van der Waals surface area contributed by atoms with E-state index in [1.54, 1.807) is 0 Å². The van der Waals surface area contributed by atoms with E-state index in [2.05, 4.69) is 63.8 Å². The SMILES string of the molecule is CCN(Cc1ccc(C(C)(C)C)cc1)C1CC[C@H](C)C1. The van der Waals surface area contributed by atoms with E-state index in [1.807, 2.05) is 0 Å². The fourth-order valence-electron chi connectivity index (χ4n) is 3.35. The molecular formula is C19H31N. The van der Waals surface area contributed by atoms with E-state index < -0.39 is 0 Å². The summed E-state index contributed by atoms with van der Waals surface area (Å²) in [7, 11) is 0. The smallest absolute Gasteiger partial charge is 0.0236 e. The Bertz CT molecular complexity index is 412. The minimum Gasteiger partial charge on any atom is -0.296 e. The quantitative estimate of drug-likeness (QED) is 0.746. The second-order valence-corrected chi connectivity index (χ2v) is 7.58. The molecule has 1 fully saturated rings. The highest BCUT2D eigenvalue weighted by Crippen LogP contribution is 2.30. The van der Waals surface area contributed by atoms with Crippen molar-refractivity contribution in [3.63, 3.8) is 0 Å². The molecule has 1 aliphatic rings. The zero-order chi connectivity index (χ0) is 14.8. The molecule has 1 nitrogen and oxygen atoms in total. The first kappa shape index (κ1) is 15.6. The Hall–Kier alpha value is -0.820. The van der Waals surface area contributed by atoms with Gasteiger partial charge in [0.1, 0.15) is 0 Å². The van der Waals surface area contributed by atoms with Gasteiger partial charge in [0.05, 0.1) is 0 Å². The number of rotatable bonds is 4. The van der Waals surface area contributed by atoms with Crippen LogP contribution in [0, 0.1) is 5.92 Å². The van der Waals surface area contributed by atoms with Gasteiger partial charge in [0.25, 0.3) is 0 Å². The molecule has 1 aromatic rings. The highest BCUT2D eigenvalue weighted by Gasteiger charge is 2.26. The van der Waals surface area contributed by atoms with Crippen molar-refractivity contribution in [2.75, 3.05) is 6.54 Å². The van der Waals surface area contributed by atoms with E-state index in [4.69, 9.17) is 0 Å². The first-order chi connectivity index (χ1) is 9.40. The predicted octanol–water partition coefficient (Wildman–Crippen LogP) is 4.99. The number of nitrogens with zero attached hydrogens (tertiary/aromatic N) is 1. The van der Waals surface area contributed by atoms with Crippen molar-refractivity contribution >= 4 is 0 Å². The van der Waals surface area contributed by atoms with Crippen LogP contribution in [0.4, 0.5) is 0 Å². The molecule has 0 bridgehead atoms. The van der Waals surface area contributed by atoms with Gasteiger partial charge in [-0.2, -0.15) is 0 Å². The maximum Gasteiger partial charge on any atom is 0.0236 e. The summed E-state index contributed by atoms with van der Waals surface area (Å²) >= 11 is 0. The van der Waals surface area contributed by atoms with Crippen LogP contribution in [0.15, 0.2) is 24.3 Å². The Balaban J connectivity index is 2.01. The highest BCUT2D eigenvalue weighted by atomic mass is 15.1. The van der Waals surface area contributed by atoms with Crippen LogP contribution in [0.25, 0.3) is 0 Å². The fourth-order valence-corrected chi connectivity index (χ4v) is 3.35. The Morgan fingerprint density at radius 1 is 1.10 bits per heavy atom. The van der Waals surface area contributed by atoms with Gasteiger partial charge in [-0.15, -0.1) is 0 Å². The largest absolute Gasteiger partial charge is 0.296 e. The predicted molar refractivity (Wildman–Crippen MR) is 88.0 cm³/mol. The van der Waals surface area contributed by atoms with E-state index in [0.717, 1.165) is 18.5 Å². The van der Waals surface area contributed by atoms with Crippen LogP contribution in [0.2, 0.25) is 0 Å². The molecule has 2 rings (SSSR count). The van der Waals surface area contributed by atoms with Gasteiger partial charge in [0.15, 0.2) is 0 Å². The standard InChI is InChI=1S/C19H31N/c1-6-20(18-12-7-15(2)13-18)14-16-8-10-17(11-9-16)19(3,4)5/h8-11,15,18H,6-7,12-14H2,1-5H3/t15-,18?/m0/s1. The first-order valence-electron chi connectivity index (χ1n) is 8.23. The van der Waals surface area contributed by atoms with Crippen molar-refractivity contribution in [2.45, 2.75) is 71.9 Å². The van der Waals surface area contributed by atoms with Gasteiger partial charge in [-0.25, -0.2) is 0 Å². The normalized spacial score (nSPS) is 23.5. The third-order valence-corrected chi connectivity index (χ3v) is 4.80. The van der Waals surface area contributed by atoms with E-state index in [0.29, 0.717) is 0 Å². The highest BCUT2D eigenvalue weighted by molar-refractivity contribution is 5.27. The van der Waals surface area contributed by atoms with Crippen LogP contribution in [-0.2, 0) is 12.0 Å². The molecule has 0 aliphatic heterocycles. The van der Waals surface area contributed by atoms with Crippen LogP contribution < -0.4 is 0 Å². The maximum absolute atomic E-state index is 2.66. The fraction of sp³-hybridized carbons (Fsp3) is 0.684. The molecule has 0 aromatic heterocycles. The van der Waals surface area contributed by atoms with Crippen LogP contribution in [-0.4, -0.2) is 17.5 Å². The molecule has 1 aliphatic carbocycles. The lowest BCUT2D eigenvalue weighted by atomic mass is 9.86. The third kappa shape index (κ3) is 3.85. The zero-order valence-electron chi connectivity index (χ0n) is 13.9. The minimum atomic E-state index is 0.254. The topological polar surface area (TPSA) is 3.24 Å². The Morgan fingerprint density at radius 3 is 2.20 bits per heavy atom. The molecule has 1 aromatic carbocycles. The summed E-state index contributed by atoms with van der Waals surface area (Å²) in [4.78, 5) is 2.66. The van der Waals surface area contributed by atoms with Gasteiger partial charge in [0, 0.05) is 12.6 Å². The van der Waals surface area contributed by atoms with Crippen molar-refractivity contribution in [3.05, 3.63) is 35.4 Å². The second kappa shape index (κ2) is 6.30. The molecular weight excluding hydrogens is 242 g/mol. The third-order valence-electron chi connectivity index (χ3n) is 4.80. The van der Waals surface area contributed by atoms with E-state index in [1.165, 1.54) is 36.9 Å². The van der Waals surface area contributed by atoms with Crippen LogP contribution >= 0.6 is 0 Å². The molecule has 20 heavy (non-hydrogen) atoms. The molecule has 0 saturated heterocycles. The summed E-state index contributed by atoms with van der Waals surface area (Å²) in [5.74, 6) is 0.914. The Labute approximate surface area is 125 Å². The van der Waals surface area contributed by atoms with Gasteiger partial charge in [-0.1, -0.05) is 58.9 Å². The molecule has 0 amide bonds. The number of benzene rings is 1. The zero-order valence-corrected chi connectivity index (χ0v) is 13.9. The molecule has 0 spiro atoms. The second-order valence-electron chi connectivity index (χ2n) is 7.58. The van der Waals surface area contributed by atoms with Crippen LogP contribution in [0.5, 0.6) is 0 Å². The molecule has 2 atom stereocenters. The summed E-state index contributed by atoms with van der Waals surface area (Å²) in [5.41, 5.74) is 3.14. The Morgan fingerprint density at radius 2 is 1.75 bits per heavy atom. The Kier molecular flexibility index (Phi) is 4.90. The van der Waals surface area contributed by atoms with Crippen molar-refractivity contribution < 1.29 is 0 Å². The molecule has 1 saturated carbocycles. The molecule has 0 heterocycles. The lowest BCUT2D eigenvalue weighted by molar-refractivity contribution is 0.197. The van der Waals surface area contributed by atoms with Gasteiger partial charge < -0.3 is 0 Å². The summed E-state index contributed by atoms with van der Waals surface area (Å²) in [6.45, 7) is 13.8. The van der Waals surface area contributed by atoms with E-state index in [9.17, 15) is 0 Å². The van der Waals surface area contributed by atoms with Gasteiger partial charge in [-0.05, 0) is 48.3 Å². The van der Waals surface area contributed by atoms with Crippen LogP contribution in [0.1, 0.15) is 65.0 Å². The molecule has 0 radical (unpaired) electrons. The summed E-state index contributed by atoms with van der Waals surface area (Å²) in [6, 6.07) is 10.1. The van der Waals surface area contributed by atoms with E-state index in [-0.39, 0.29) is 5.41 Å². The minimum absolute atomic E-state index is 0.254. The summed E-state index contributed by atoms with van der Waals surface area (Å²) < 4.78 is 0. The van der Waals surface area contributed by atoms with Crippen molar-refractivity contribution in [1.29, 1.82) is 0 Å². The monoisotopic (exact) mass is 273 g/mol. The number of hydrogen-bond acceptors (Lipinski definition) is 1. The molecule has 112 valence electrons. The lowest BCUT2D eigenvalue weighted by Crippen LogP contribution is -2.32. The number of hydrogen-bond donors (Lipinski definition) is 0. The average Bonchev–Trinajstić information content (AvgIpc) is 2.82. The molecule has 0 N–H and O–H groups in total. The molecule has 1 heteroatoms. The van der Waals surface area contributed by atoms with Crippen LogP contribution in [0.3, 0.4) is 0 Å². The van der Waals surface area contributed by atoms with Gasteiger partial charge >= 0.3 is 0 Å². The van der Waals surface area contributed by atoms with Gasteiger partial charge in [0.2, 0.25) is 0 Å².